The lowest BCUT2D eigenvalue weighted by atomic mass is 10.1. The van der Waals surface area contributed by atoms with E-state index in [1.54, 1.807) is 7.11 Å². The molecular weight excluding hydrogens is 270 g/mol. The molecule has 1 aliphatic heterocycles. The van der Waals surface area contributed by atoms with E-state index in [0.717, 1.165) is 32.6 Å². The molecule has 0 radical (unpaired) electrons. The van der Waals surface area contributed by atoms with Crippen molar-refractivity contribution in [3.63, 3.8) is 0 Å². The van der Waals surface area contributed by atoms with E-state index < -0.39 is 6.10 Å². The lowest BCUT2D eigenvalue weighted by Crippen LogP contribution is -2.32. The summed E-state index contributed by atoms with van der Waals surface area (Å²) < 4.78 is 16.1. The zero-order valence-electron chi connectivity index (χ0n) is 12.6. The van der Waals surface area contributed by atoms with Crippen LogP contribution in [0.1, 0.15) is 12.8 Å². The molecule has 2 atom stereocenters. The molecule has 0 aromatic heterocycles. The number of aliphatic hydroxyl groups is 1. The van der Waals surface area contributed by atoms with Gasteiger partial charge in [0.2, 0.25) is 0 Å². The zero-order valence-corrected chi connectivity index (χ0v) is 12.6. The molecule has 1 heterocycles. The fourth-order valence-electron chi connectivity index (χ4n) is 2.37. The molecule has 5 heteroatoms. The SMILES string of the molecule is COc1ccccc1OCC(O)CNCCC1CCOC1. The summed E-state index contributed by atoms with van der Waals surface area (Å²) in [5.41, 5.74) is 0. The number of ether oxygens (including phenoxy) is 3. The Morgan fingerprint density at radius 2 is 2.19 bits per heavy atom. The Morgan fingerprint density at radius 3 is 2.90 bits per heavy atom. The molecule has 0 amide bonds. The maximum absolute atomic E-state index is 9.91. The van der Waals surface area contributed by atoms with E-state index >= 15 is 0 Å². The molecule has 0 spiro atoms. The fraction of sp³-hybridized carbons (Fsp3) is 0.625. The first kappa shape index (κ1) is 16.1. The summed E-state index contributed by atoms with van der Waals surface area (Å²) in [6.07, 6.45) is 1.72. The Balaban J connectivity index is 1.59. The van der Waals surface area contributed by atoms with Crippen LogP contribution < -0.4 is 14.8 Å². The highest BCUT2D eigenvalue weighted by atomic mass is 16.5. The van der Waals surface area contributed by atoms with Crippen molar-refractivity contribution in [2.24, 2.45) is 5.92 Å². The van der Waals surface area contributed by atoms with Gasteiger partial charge in [0.1, 0.15) is 12.7 Å². The molecule has 21 heavy (non-hydrogen) atoms. The lowest BCUT2D eigenvalue weighted by molar-refractivity contribution is 0.104. The van der Waals surface area contributed by atoms with Gasteiger partial charge >= 0.3 is 0 Å². The standard InChI is InChI=1S/C16H25NO4/c1-19-15-4-2-3-5-16(15)21-12-14(18)10-17-8-6-13-7-9-20-11-13/h2-5,13-14,17-18H,6-12H2,1H3. The maximum atomic E-state index is 9.91. The van der Waals surface area contributed by atoms with E-state index in [9.17, 15) is 5.11 Å². The molecule has 0 bridgehead atoms. The number of hydrogen-bond donors (Lipinski definition) is 2. The van der Waals surface area contributed by atoms with Gasteiger partial charge < -0.3 is 24.6 Å². The normalized spacial score (nSPS) is 19.4. The van der Waals surface area contributed by atoms with Gasteiger partial charge in [0.25, 0.3) is 0 Å². The molecule has 2 rings (SSSR count). The molecule has 118 valence electrons. The van der Waals surface area contributed by atoms with Crippen molar-refractivity contribution in [2.45, 2.75) is 18.9 Å². The third-order valence-electron chi connectivity index (χ3n) is 3.63. The molecule has 2 N–H and O–H groups in total. The smallest absolute Gasteiger partial charge is 0.161 e. The third kappa shape index (κ3) is 5.53. The Bertz CT molecular complexity index is 407. The van der Waals surface area contributed by atoms with Gasteiger partial charge in [0, 0.05) is 19.8 Å². The van der Waals surface area contributed by atoms with E-state index in [0.29, 0.717) is 24.0 Å². The minimum atomic E-state index is -0.533. The van der Waals surface area contributed by atoms with Crippen molar-refractivity contribution in [3.8, 4) is 11.5 Å². The summed E-state index contributed by atoms with van der Waals surface area (Å²) in [7, 11) is 1.60. The second kappa shape index (κ2) is 8.87. The molecular formula is C16H25NO4. The van der Waals surface area contributed by atoms with E-state index in [-0.39, 0.29) is 6.61 Å². The highest BCUT2D eigenvalue weighted by Gasteiger charge is 2.15. The van der Waals surface area contributed by atoms with Gasteiger partial charge in [0.05, 0.1) is 7.11 Å². The van der Waals surface area contributed by atoms with Gasteiger partial charge in [-0.25, -0.2) is 0 Å². The first-order chi connectivity index (χ1) is 10.3. The van der Waals surface area contributed by atoms with E-state index in [1.165, 1.54) is 0 Å². The lowest BCUT2D eigenvalue weighted by Gasteiger charge is -2.15. The Labute approximate surface area is 126 Å². The number of para-hydroxylation sites is 2. The molecule has 0 aliphatic carbocycles. The molecule has 1 aromatic carbocycles. The van der Waals surface area contributed by atoms with Crippen LogP contribution >= 0.6 is 0 Å². The third-order valence-corrected chi connectivity index (χ3v) is 3.63. The van der Waals surface area contributed by atoms with Gasteiger partial charge in [-0.3, -0.25) is 0 Å². The van der Waals surface area contributed by atoms with Crippen LogP contribution in [0.2, 0.25) is 0 Å². The summed E-state index contributed by atoms with van der Waals surface area (Å²) >= 11 is 0. The number of benzene rings is 1. The maximum Gasteiger partial charge on any atom is 0.161 e. The Kier molecular flexibility index (Phi) is 6.79. The average molecular weight is 295 g/mol. The summed E-state index contributed by atoms with van der Waals surface area (Å²) in [5, 5.41) is 13.2. The summed E-state index contributed by atoms with van der Waals surface area (Å²) in [5.74, 6) is 2.00. The fourth-order valence-corrected chi connectivity index (χ4v) is 2.37. The van der Waals surface area contributed by atoms with Crippen molar-refractivity contribution in [1.29, 1.82) is 0 Å². The predicted molar refractivity (Wildman–Crippen MR) is 80.9 cm³/mol. The molecule has 1 aromatic rings. The number of methoxy groups -OCH3 is 1. The molecule has 1 saturated heterocycles. The van der Waals surface area contributed by atoms with Crippen molar-refractivity contribution in [1.82, 2.24) is 5.32 Å². The largest absolute Gasteiger partial charge is 0.493 e. The van der Waals surface area contributed by atoms with Crippen LogP contribution in [0.5, 0.6) is 11.5 Å². The second-order valence-electron chi connectivity index (χ2n) is 5.34. The van der Waals surface area contributed by atoms with E-state index in [2.05, 4.69) is 5.32 Å². The van der Waals surface area contributed by atoms with Crippen LogP contribution in [-0.2, 0) is 4.74 Å². The quantitative estimate of drug-likeness (QED) is 0.675. The number of rotatable bonds is 9. The molecule has 1 aliphatic rings. The van der Waals surface area contributed by atoms with E-state index in [1.807, 2.05) is 24.3 Å². The van der Waals surface area contributed by atoms with E-state index in [4.69, 9.17) is 14.2 Å². The van der Waals surface area contributed by atoms with Crippen molar-refractivity contribution >= 4 is 0 Å². The summed E-state index contributed by atoms with van der Waals surface area (Å²) in [6, 6.07) is 7.44. The zero-order chi connectivity index (χ0) is 14.9. The highest BCUT2D eigenvalue weighted by molar-refractivity contribution is 5.39. The minimum Gasteiger partial charge on any atom is -0.493 e. The van der Waals surface area contributed by atoms with Gasteiger partial charge in [-0.05, 0) is 37.4 Å². The van der Waals surface area contributed by atoms with Gasteiger partial charge in [-0.2, -0.15) is 0 Å². The van der Waals surface area contributed by atoms with Gasteiger partial charge in [0.15, 0.2) is 11.5 Å². The molecule has 1 fully saturated rings. The minimum absolute atomic E-state index is 0.250. The molecule has 5 nitrogen and oxygen atoms in total. The van der Waals surface area contributed by atoms with Gasteiger partial charge in [-0.1, -0.05) is 12.1 Å². The van der Waals surface area contributed by atoms with Gasteiger partial charge in [-0.15, -0.1) is 0 Å². The van der Waals surface area contributed by atoms with Crippen LogP contribution in [0, 0.1) is 5.92 Å². The van der Waals surface area contributed by atoms with Crippen LogP contribution in [0.3, 0.4) is 0 Å². The topological polar surface area (TPSA) is 60.0 Å². The van der Waals surface area contributed by atoms with Crippen LogP contribution in [0.25, 0.3) is 0 Å². The summed E-state index contributed by atoms with van der Waals surface area (Å²) in [4.78, 5) is 0. The predicted octanol–water partition coefficient (Wildman–Crippen LogP) is 1.45. The highest BCUT2D eigenvalue weighted by Crippen LogP contribution is 2.25. The number of hydrogen-bond acceptors (Lipinski definition) is 5. The first-order valence-electron chi connectivity index (χ1n) is 7.52. The number of aliphatic hydroxyl groups excluding tert-OH is 1. The van der Waals surface area contributed by atoms with Crippen molar-refractivity contribution in [2.75, 3.05) is 40.0 Å². The van der Waals surface area contributed by atoms with Crippen molar-refractivity contribution in [3.05, 3.63) is 24.3 Å². The second-order valence-corrected chi connectivity index (χ2v) is 5.34. The molecule has 2 unspecified atom stereocenters. The first-order valence-corrected chi connectivity index (χ1v) is 7.52. The number of nitrogens with one attached hydrogen (secondary N) is 1. The Morgan fingerprint density at radius 1 is 1.38 bits per heavy atom. The van der Waals surface area contributed by atoms with Crippen molar-refractivity contribution < 1.29 is 19.3 Å². The Hall–Kier alpha value is -1.30. The van der Waals surface area contributed by atoms with Crippen LogP contribution in [0.15, 0.2) is 24.3 Å². The average Bonchev–Trinajstić information content (AvgIpc) is 3.03. The van der Waals surface area contributed by atoms with Crippen LogP contribution in [-0.4, -0.2) is 51.2 Å². The monoisotopic (exact) mass is 295 g/mol. The summed E-state index contributed by atoms with van der Waals surface area (Å²) in [6.45, 7) is 3.45. The van der Waals surface area contributed by atoms with Crippen LogP contribution in [0.4, 0.5) is 0 Å². The molecule has 0 saturated carbocycles.